The maximum Gasteiger partial charge on any atom is 0.151 e. The molecular formula is C46H33NO3SSi. The van der Waals surface area contributed by atoms with Gasteiger partial charge in [0.25, 0.3) is 0 Å². The van der Waals surface area contributed by atoms with Crippen molar-refractivity contribution >= 4 is 58.2 Å². The summed E-state index contributed by atoms with van der Waals surface area (Å²) in [6, 6.07) is 57.2. The molecule has 1 aromatic heterocycles. The van der Waals surface area contributed by atoms with Gasteiger partial charge in [0.1, 0.15) is 36.7 Å². The summed E-state index contributed by atoms with van der Waals surface area (Å²) in [5.41, 5.74) is 7.03. The molecule has 2 aliphatic heterocycles. The molecule has 7 aromatic carbocycles. The topological polar surface area (TPSA) is 34.8 Å². The van der Waals surface area contributed by atoms with Crippen molar-refractivity contribution in [2.45, 2.75) is 22.9 Å². The lowest BCUT2D eigenvalue weighted by Gasteiger charge is -2.37. The fourth-order valence-electron chi connectivity index (χ4n) is 7.65. The third-order valence-electron chi connectivity index (χ3n) is 10.2. The zero-order valence-corrected chi connectivity index (χ0v) is 30.5. The van der Waals surface area contributed by atoms with Crippen molar-refractivity contribution in [1.82, 2.24) is 0 Å². The second-order valence-corrected chi connectivity index (χ2v) is 19.1. The minimum Gasteiger partial charge on any atom is -0.455 e. The van der Waals surface area contributed by atoms with Gasteiger partial charge < -0.3 is 18.8 Å². The molecule has 0 atom stereocenters. The molecule has 250 valence electrons. The van der Waals surface area contributed by atoms with E-state index in [-0.39, 0.29) is 0 Å². The molecule has 0 N–H and O–H groups in total. The fourth-order valence-corrected chi connectivity index (χ4v) is 11.5. The Hall–Kier alpha value is -5.95. The number of nitrogens with zero attached hydrogens (tertiary/aromatic N) is 1. The number of hydrogen-bond acceptors (Lipinski definition) is 5. The molecule has 0 amide bonds. The van der Waals surface area contributed by atoms with Gasteiger partial charge in [-0.25, -0.2) is 0 Å². The minimum absolute atomic E-state index is 0.831. The van der Waals surface area contributed by atoms with E-state index in [1.54, 1.807) is 11.8 Å². The Morgan fingerprint density at radius 3 is 2.02 bits per heavy atom. The highest BCUT2D eigenvalue weighted by Crippen LogP contribution is 2.55. The molecule has 0 saturated heterocycles. The maximum absolute atomic E-state index is 6.95. The van der Waals surface area contributed by atoms with Crippen LogP contribution in [-0.4, -0.2) is 8.07 Å². The third kappa shape index (κ3) is 4.90. The second kappa shape index (κ2) is 12.1. The van der Waals surface area contributed by atoms with Crippen molar-refractivity contribution in [3.8, 4) is 45.4 Å². The lowest BCUT2D eigenvalue weighted by atomic mass is 9.98. The summed E-state index contributed by atoms with van der Waals surface area (Å²) in [4.78, 5) is 4.48. The molecule has 0 saturated carbocycles. The van der Waals surface area contributed by atoms with Gasteiger partial charge in [0.2, 0.25) is 0 Å². The first-order valence-electron chi connectivity index (χ1n) is 17.5. The largest absolute Gasteiger partial charge is 0.455 e. The summed E-state index contributed by atoms with van der Waals surface area (Å²) >= 11 is 1.74. The molecular weight excluding hydrogens is 675 g/mol. The van der Waals surface area contributed by atoms with Gasteiger partial charge in [0.15, 0.2) is 5.75 Å². The monoisotopic (exact) mass is 707 g/mol. The van der Waals surface area contributed by atoms with Gasteiger partial charge in [-0.15, -0.1) is 0 Å². The smallest absolute Gasteiger partial charge is 0.151 e. The van der Waals surface area contributed by atoms with E-state index in [0.29, 0.717) is 0 Å². The van der Waals surface area contributed by atoms with Crippen LogP contribution in [-0.2, 0) is 0 Å². The minimum atomic E-state index is -2.11. The number of para-hydroxylation sites is 3. The van der Waals surface area contributed by atoms with Crippen molar-refractivity contribution < 1.29 is 13.9 Å². The van der Waals surface area contributed by atoms with Crippen LogP contribution in [0, 0.1) is 0 Å². The Morgan fingerprint density at radius 1 is 0.538 bits per heavy atom. The van der Waals surface area contributed by atoms with Crippen LogP contribution in [0.15, 0.2) is 178 Å². The van der Waals surface area contributed by atoms with E-state index in [9.17, 15) is 0 Å². The van der Waals surface area contributed by atoms with Gasteiger partial charge in [-0.3, -0.25) is 0 Å². The van der Waals surface area contributed by atoms with Gasteiger partial charge in [0, 0.05) is 22.2 Å². The Labute approximate surface area is 307 Å². The van der Waals surface area contributed by atoms with Crippen LogP contribution >= 0.6 is 11.8 Å². The first-order valence-corrected chi connectivity index (χ1v) is 21.3. The summed E-state index contributed by atoms with van der Waals surface area (Å²) in [5, 5.41) is 3.62. The van der Waals surface area contributed by atoms with Crippen molar-refractivity contribution in [1.29, 1.82) is 0 Å². The van der Waals surface area contributed by atoms with Gasteiger partial charge in [-0.1, -0.05) is 134 Å². The average Bonchev–Trinajstić information content (AvgIpc) is 3.57. The highest BCUT2D eigenvalue weighted by molar-refractivity contribution is 7.99. The Morgan fingerprint density at radius 2 is 1.19 bits per heavy atom. The summed E-state index contributed by atoms with van der Waals surface area (Å²) in [7, 11) is -2.11. The number of furan rings is 1. The molecule has 0 aliphatic carbocycles. The van der Waals surface area contributed by atoms with Crippen LogP contribution in [0.25, 0.3) is 33.4 Å². The van der Waals surface area contributed by atoms with E-state index in [2.05, 4.69) is 164 Å². The van der Waals surface area contributed by atoms with Crippen LogP contribution in [0.4, 0.5) is 17.1 Å². The lowest BCUT2D eigenvalue weighted by Crippen LogP contribution is -2.56. The van der Waals surface area contributed by atoms with E-state index in [1.165, 1.54) is 10.4 Å². The molecule has 4 nitrogen and oxygen atoms in total. The van der Waals surface area contributed by atoms with Crippen molar-refractivity contribution in [2.75, 3.05) is 4.90 Å². The summed E-state index contributed by atoms with van der Waals surface area (Å²) < 4.78 is 20.2. The molecule has 52 heavy (non-hydrogen) atoms. The van der Waals surface area contributed by atoms with Crippen LogP contribution in [0.3, 0.4) is 0 Å². The molecule has 3 heterocycles. The number of fused-ring (bicyclic) bond motifs is 5. The number of benzene rings is 7. The molecule has 0 fully saturated rings. The lowest BCUT2D eigenvalue weighted by molar-refractivity contribution is 0.455. The van der Waals surface area contributed by atoms with Gasteiger partial charge in [-0.2, -0.15) is 0 Å². The molecule has 6 heteroatoms. The van der Waals surface area contributed by atoms with Gasteiger partial charge in [-0.05, 0) is 70.5 Å². The standard InChI is InChI=1S/C46H33NO3SSi/c1-52(2)41-25-12-10-22-38(41)50-45-34(19-14-26-42(45)52)47(35-20-13-23-39-46(35)51-40-24-11-9-21-37(40)48-39)32-27-28-36-33(29-32)43(30-15-5-3-6-16-30)44(49-36)31-17-7-4-8-18-31/h3-29H,1-2H3. The maximum atomic E-state index is 6.95. The summed E-state index contributed by atoms with van der Waals surface area (Å²) in [6.45, 7) is 4.84. The second-order valence-electron chi connectivity index (χ2n) is 13.7. The summed E-state index contributed by atoms with van der Waals surface area (Å²) in [6.07, 6.45) is 0. The van der Waals surface area contributed by atoms with Crippen LogP contribution < -0.4 is 24.7 Å². The predicted molar refractivity (Wildman–Crippen MR) is 216 cm³/mol. The number of anilines is 3. The zero-order valence-electron chi connectivity index (χ0n) is 28.7. The third-order valence-corrected chi connectivity index (χ3v) is 14.9. The van der Waals surface area contributed by atoms with Gasteiger partial charge >= 0.3 is 0 Å². The van der Waals surface area contributed by atoms with Crippen LogP contribution in [0.1, 0.15) is 0 Å². The molecule has 8 aromatic rings. The van der Waals surface area contributed by atoms with E-state index in [1.807, 2.05) is 18.2 Å². The average molecular weight is 708 g/mol. The van der Waals surface area contributed by atoms with Crippen molar-refractivity contribution in [3.05, 3.63) is 164 Å². The van der Waals surface area contributed by atoms with E-state index >= 15 is 0 Å². The SMILES string of the molecule is C[Si]1(C)c2ccccc2Oc2c(N(c3ccc4oc(-c5ccccc5)c(-c5ccccc5)c4c3)c3cccc4c3Sc3ccccc3O4)cccc21. The van der Waals surface area contributed by atoms with Crippen molar-refractivity contribution in [3.63, 3.8) is 0 Å². The highest BCUT2D eigenvalue weighted by Gasteiger charge is 2.39. The van der Waals surface area contributed by atoms with Gasteiger partial charge in [0.05, 0.1) is 21.2 Å². The van der Waals surface area contributed by atoms with Crippen LogP contribution in [0.5, 0.6) is 23.0 Å². The molecule has 0 bridgehead atoms. The Kier molecular flexibility index (Phi) is 7.17. The van der Waals surface area contributed by atoms with E-state index < -0.39 is 8.07 Å². The fraction of sp³-hybridized carbons (Fsp3) is 0.0435. The number of hydrogen-bond donors (Lipinski definition) is 0. The number of rotatable bonds is 5. The zero-order chi connectivity index (χ0) is 34.8. The Bertz CT molecular complexity index is 2650. The van der Waals surface area contributed by atoms with Crippen LogP contribution in [0.2, 0.25) is 13.1 Å². The van der Waals surface area contributed by atoms with E-state index in [0.717, 1.165) is 83.3 Å². The molecule has 10 rings (SSSR count). The summed E-state index contributed by atoms with van der Waals surface area (Å²) in [5.74, 6) is 4.39. The molecule has 0 spiro atoms. The quantitative estimate of drug-likeness (QED) is 0.166. The highest BCUT2D eigenvalue weighted by atomic mass is 32.2. The first-order chi connectivity index (χ1) is 25.5. The molecule has 0 unspecified atom stereocenters. The van der Waals surface area contributed by atoms with E-state index in [4.69, 9.17) is 13.9 Å². The number of ether oxygens (including phenoxy) is 2. The first kappa shape index (κ1) is 30.8. The Balaban J connectivity index is 1.24. The normalized spacial score (nSPS) is 13.6. The van der Waals surface area contributed by atoms with Crippen molar-refractivity contribution in [2.24, 2.45) is 0 Å². The predicted octanol–water partition coefficient (Wildman–Crippen LogP) is 12.4. The molecule has 0 radical (unpaired) electrons. The molecule has 2 aliphatic rings.